The standard InChI is InChI=1S/C22H24N2/c1-16-7-3-5-9-19(16)22-20-10-6-4-8-18(20)15-21(23-22)17-11-13-24(2)14-12-17/h3-10,15,17H,11-14H2,1-2H3. The van der Waals surface area contributed by atoms with E-state index in [1.807, 2.05) is 0 Å². The van der Waals surface area contributed by atoms with Gasteiger partial charge < -0.3 is 4.90 Å². The lowest BCUT2D eigenvalue weighted by molar-refractivity contribution is 0.253. The molecular weight excluding hydrogens is 292 g/mol. The maximum absolute atomic E-state index is 5.16. The lowest BCUT2D eigenvalue weighted by Crippen LogP contribution is -2.29. The first-order valence-corrected chi connectivity index (χ1v) is 8.86. The minimum Gasteiger partial charge on any atom is -0.306 e. The molecule has 2 aromatic carbocycles. The predicted molar refractivity (Wildman–Crippen MR) is 101 cm³/mol. The fourth-order valence-corrected chi connectivity index (χ4v) is 3.78. The number of pyridine rings is 1. The van der Waals surface area contributed by atoms with Crippen LogP contribution in [0.1, 0.15) is 30.0 Å². The highest BCUT2D eigenvalue weighted by Gasteiger charge is 2.21. The maximum atomic E-state index is 5.16. The Balaban J connectivity index is 1.87. The van der Waals surface area contributed by atoms with E-state index < -0.39 is 0 Å². The van der Waals surface area contributed by atoms with Gasteiger partial charge in [-0.1, -0.05) is 48.5 Å². The van der Waals surface area contributed by atoms with Gasteiger partial charge in [0, 0.05) is 22.6 Å². The topological polar surface area (TPSA) is 16.1 Å². The molecule has 0 amide bonds. The minimum atomic E-state index is 0.577. The number of piperidine rings is 1. The summed E-state index contributed by atoms with van der Waals surface area (Å²) >= 11 is 0. The van der Waals surface area contributed by atoms with E-state index >= 15 is 0 Å². The van der Waals surface area contributed by atoms with Crippen molar-refractivity contribution >= 4 is 10.8 Å². The SMILES string of the molecule is Cc1ccccc1-c1nc(C2CCN(C)CC2)cc2ccccc12. The first kappa shape index (κ1) is 15.3. The third-order valence-electron chi connectivity index (χ3n) is 5.30. The van der Waals surface area contributed by atoms with Gasteiger partial charge in [-0.2, -0.15) is 0 Å². The molecule has 1 saturated heterocycles. The minimum absolute atomic E-state index is 0.577. The fourth-order valence-electron chi connectivity index (χ4n) is 3.78. The van der Waals surface area contributed by atoms with Gasteiger partial charge in [0.1, 0.15) is 0 Å². The average Bonchev–Trinajstić information content (AvgIpc) is 2.62. The van der Waals surface area contributed by atoms with E-state index in [-0.39, 0.29) is 0 Å². The Bertz CT molecular complexity index is 861. The second-order valence-electron chi connectivity index (χ2n) is 7.01. The first-order valence-electron chi connectivity index (χ1n) is 8.86. The molecule has 0 saturated carbocycles. The Kier molecular flexibility index (Phi) is 4.07. The molecule has 1 aromatic heterocycles. The van der Waals surface area contributed by atoms with Crippen molar-refractivity contribution in [3.05, 3.63) is 65.9 Å². The number of fused-ring (bicyclic) bond motifs is 1. The summed E-state index contributed by atoms with van der Waals surface area (Å²) in [6, 6.07) is 19.6. The number of rotatable bonds is 2. The van der Waals surface area contributed by atoms with Crippen LogP contribution < -0.4 is 0 Å². The summed E-state index contributed by atoms with van der Waals surface area (Å²) in [4.78, 5) is 7.58. The van der Waals surface area contributed by atoms with Crippen LogP contribution in [0.5, 0.6) is 0 Å². The Morgan fingerprint density at radius 2 is 1.67 bits per heavy atom. The summed E-state index contributed by atoms with van der Waals surface area (Å²) in [5.74, 6) is 0.577. The summed E-state index contributed by atoms with van der Waals surface area (Å²) in [6.07, 6.45) is 2.41. The number of aromatic nitrogens is 1. The van der Waals surface area contributed by atoms with Crippen molar-refractivity contribution in [2.24, 2.45) is 0 Å². The Hall–Kier alpha value is -2.19. The van der Waals surface area contributed by atoms with Crippen LogP contribution in [-0.4, -0.2) is 30.0 Å². The van der Waals surface area contributed by atoms with Gasteiger partial charge in [-0.3, -0.25) is 4.98 Å². The fraction of sp³-hybridized carbons (Fsp3) is 0.318. The van der Waals surface area contributed by atoms with Gasteiger partial charge in [-0.25, -0.2) is 0 Å². The van der Waals surface area contributed by atoms with Crippen LogP contribution >= 0.6 is 0 Å². The summed E-state index contributed by atoms with van der Waals surface area (Å²) in [6.45, 7) is 4.51. The van der Waals surface area contributed by atoms with E-state index in [2.05, 4.69) is 73.5 Å². The molecule has 1 aliphatic rings. The van der Waals surface area contributed by atoms with Crippen LogP contribution in [0, 0.1) is 6.92 Å². The normalized spacial score (nSPS) is 16.6. The second-order valence-corrected chi connectivity index (χ2v) is 7.01. The molecular formula is C22H24N2. The third-order valence-corrected chi connectivity index (χ3v) is 5.30. The molecule has 2 nitrogen and oxygen atoms in total. The quantitative estimate of drug-likeness (QED) is 0.660. The van der Waals surface area contributed by atoms with E-state index in [1.54, 1.807) is 0 Å². The molecule has 2 heterocycles. The Labute approximate surface area is 144 Å². The van der Waals surface area contributed by atoms with Gasteiger partial charge in [-0.15, -0.1) is 0 Å². The number of hydrogen-bond acceptors (Lipinski definition) is 2. The van der Waals surface area contributed by atoms with Crippen molar-refractivity contribution < 1.29 is 0 Å². The summed E-state index contributed by atoms with van der Waals surface area (Å²) in [5, 5.41) is 2.56. The molecule has 0 spiro atoms. The van der Waals surface area contributed by atoms with Crippen LogP contribution in [-0.2, 0) is 0 Å². The number of benzene rings is 2. The van der Waals surface area contributed by atoms with E-state index in [1.165, 1.54) is 53.5 Å². The van der Waals surface area contributed by atoms with Crippen LogP contribution in [0.4, 0.5) is 0 Å². The van der Waals surface area contributed by atoms with Gasteiger partial charge in [0.15, 0.2) is 0 Å². The Morgan fingerprint density at radius 3 is 2.46 bits per heavy atom. The molecule has 0 N–H and O–H groups in total. The molecule has 122 valence electrons. The molecule has 24 heavy (non-hydrogen) atoms. The molecule has 0 radical (unpaired) electrons. The monoisotopic (exact) mass is 316 g/mol. The first-order chi connectivity index (χ1) is 11.7. The molecule has 0 atom stereocenters. The van der Waals surface area contributed by atoms with E-state index in [4.69, 9.17) is 4.98 Å². The second kappa shape index (κ2) is 6.37. The lowest BCUT2D eigenvalue weighted by atomic mass is 9.91. The number of aryl methyl sites for hydroxylation is 1. The number of likely N-dealkylation sites (tertiary alicyclic amines) is 1. The van der Waals surface area contributed by atoms with Crippen molar-refractivity contribution in [2.45, 2.75) is 25.7 Å². The predicted octanol–water partition coefficient (Wildman–Crippen LogP) is 5.02. The highest BCUT2D eigenvalue weighted by Crippen LogP contribution is 2.34. The van der Waals surface area contributed by atoms with Crippen LogP contribution in [0.25, 0.3) is 22.0 Å². The number of hydrogen-bond donors (Lipinski definition) is 0. The molecule has 0 bridgehead atoms. The van der Waals surface area contributed by atoms with E-state index in [9.17, 15) is 0 Å². The van der Waals surface area contributed by atoms with Crippen molar-refractivity contribution in [2.75, 3.05) is 20.1 Å². The molecule has 0 aliphatic carbocycles. The lowest BCUT2D eigenvalue weighted by Gasteiger charge is -2.29. The Morgan fingerprint density at radius 1 is 0.958 bits per heavy atom. The molecule has 4 rings (SSSR count). The van der Waals surface area contributed by atoms with Crippen molar-refractivity contribution in [1.82, 2.24) is 9.88 Å². The van der Waals surface area contributed by atoms with Crippen molar-refractivity contribution in [3.8, 4) is 11.3 Å². The zero-order valence-electron chi connectivity index (χ0n) is 14.5. The van der Waals surface area contributed by atoms with Crippen LogP contribution in [0.2, 0.25) is 0 Å². The molecule has 1 aliphatic heterocycles. The third kappa shape index (κ3) is 2.83. The van der Waals surface area contributed by atoms with Crippen LogP contribution in [0.3, 0.4) is 0 Å². The van der Waals surface area contributed by atoms with Crippen molar-refractivity contribution in [3.63, 3.8) is 0 Å². The highest BCUT2D eigenvalue weighted by atomic mass is 15.1. The average molecular weight is 316 g/mol. The summed E-state index contributed by atoms with van der Waals surface area (Å²) in [5.41, 5.74) is 4.94. The summed E-state index contributed by atoms with van der Waals surface area (Å²) in [7, 11) is 2.21. The van der Waals surface area contributed by atoms with Crippen molar-refractivity contribution in [1.29, 1.82) is 0 Å². The summed E-state index contributed by atoms with van der Waals surface area (Å²) < 4.78 is 0. The molecule has 1 fully saturated rings. The van der Waals surface area contributed by atoms with Gasteiger partial charge in [0.05, 0.1) is 5.69 Å². The molecule has 2 heteroatoms. The number of nitrogens with zero attached hydrogens (tertiary/aromatic N) is 2. The maximum Gasteiger partial charge on any atom is 0.0786 e. The van der Waals surface area contributed by atoms with Gasteiger partial charge in [0.2, 0.25) is 0 Å². The zero-order valence-corrected chi connectivity index (χ0v) is 14.5. The van der Waals surface area contributed by atoms with Gasteiger partial charge >= 0.3 is 0 Å². The molecule has 0 unspecified atom stereocenters. The van der Waals surface area contributed by atoms with E-state index in [0.717, 1.165) is 5.69 Å². The molecule has 3 aromatic rings. The highest BCUT2D eigenvalue weighted by molar-refractivity contribution is 5.95. The van der Waals surface area contributed by atoms with E-state index in [0.29, 0.717) is 5.92 Å². The largest absolute Gasteiger partial charge is 0.306 e. The zero-order chi connectivity index (χ0) is 16.5. The van der Waals surface area contributed by atoms with Crippen LogP contribution in [0.15, 0.2) is 54.6 Å². The van der Waals surface area contributed by atoms with Gasteiger partial charge in [-0.05, 0) is 56.9 Å². The van der Waals surface area contributed by atoms with Gasteiger partial charge in [0.25, 0.3) is 0 Å². The smallest absolute Gasteiger partial charge is 0.0786 e.